The van der Waals surface area contributed by atoms with E-state index in [1.54, 1.807) is 7.11 Å². The number of benzene rings is 2. The predicted molar refractivity (Wildman–Crippen MR) is 90.3 cm³/mol. The molecule has 2 aromatic carbocycles. The molecule has 0 unspecified atom stereocenters. The maximum atomic E-state index is 9.01. The van der Waals surface area contributed by atoms with Gasteiger partial charge in [0.25, 0.3) is 0 Å². The Kier molecular flexibility index (Phi) is 6.25. The van der Waals surface area contributed by atoms with Crippen LogP contribution in [0.4, 0.5) is 5.69 Å². The summed E-state index contributed by atoms with van der Waals surface area (Å²) in [6.45, 7) is 2.40. The van der Waals surface area contributed by atoms with Gasteiger partial charge in [0.05, 0.1) is 13.7 Å². The first-order valence-electron chi connectivity index (χ1n) is 7.47. The lowest BCUT2D eigenvalue weighted by Gasteiger charge is -2.18. The summed E-state index contributed by atoms with van der Waals surface area (Å²) in [5, 5.41) is 12.5. The molecule has 0 atom stereocenters. The van der Waals surface area contributed by atoms with Crippen molar-refractivity contribution in [3.8, 4) is 5.75 Å². The van der Waals surface area contributed by atoms with Crippen LogP contribution >= 0.6 is 0 Å². The highest BCUT2D eigenvalue weighted by molar-refractivity contribution is 5.47. The van der Waals surface area contributed by atoms with Gasteiger partial charge < -0.3 is 20.1 Å². The fraction of sp³-hybridized carbons (Fsp3) is 0.333. The fourth-order valence-corrected chi connectivity index (χ4v) is 2.32. The van der Waals surface area contributed by atoms with Crippen molar-refractivity contribution in [2.75, 3.05) is 32.2 Å². The molecule has 0 aliphatic rings. The van der Waals surface area contributed by atoms with Gasteiger partial charge in [-0.1, -0.05) is 24.3 Å². The zero-order chi connectivity index (χ0) is 15.8. The molecule has 0 saturated carbocycles. The van der Waals surface area contributed by atoms with Gasteiger partial charge >= 0.3 is 0 Å². The van der Waals surface area contributed by atoms with Gasteiger partial charge in [-0.3, -0.25) is 0 Å². The van der Waals surface area contributed by atoms with E-state index in [9.17, 15) is 0 Å². The molecule has 4 nitrogen and oxygen atoms in total. The van der Waals surface area contributed by atoms with E-state index < -0.39 is 0 Å². The van der Waals surface area contributed by atoms with Gasteiger partial charge in [-0.25, -0.2) is 0 Å². The number of rotatable bonds is 8. The molecule has 22 heavy (non-hydrogen) atoms. The van der Waals surface area contributed by atoms with Gasteiger partial charge in [-0.05, 0) is 35.4 Å². The molecule has 0 aliphatic carbocycles. The van der Waals surface area contributed by atoms with Crippen molar-refractivity contribution in [1.29, 1.82) is 0 Å². The lowest BCUT2D eigenvalue weighted by atomic mass is 10.1. The first-order chi connectivity index (χ1) is 10.7. The van der Waals surface area contributed by atoms with Crippen LogP contribution in [0.2, 0.25) is 0 Å². The van der Waals surface area contributed by atoms with Gasteiger partial charge in [-0.2, -0.15) is 0 Å². The SMILES string of the molecule is COc1cccc(CNCc2cccc(N(C)CCO)c2)c1. The number of aliphatic hydroxyl groups is 1. The summed E-state index contributed by atoms with van der Waals surface area (Å²) < 4.78 is 5.23. The second kappa shape index (κ2) is 8.41. The Labute approximate surface area is 132 Å². The molecule has 0 aliphatic heterocycles. The van der Waals surface area contributed by atoms with E-state index in [1.165, 1.54) is 11.1 Å². The lowest BCUT2D eigenvalue weighted by Crippen LogP contribution is -2.21. The summed E-state index contributed by atoms with van der Waals surface area (Å²) in [5.74, 6) is 0.881. The van der Waals surface area contributed by atoms with Crippen molar-refractivity contribution < 1.29 is 9.84 Å². The summed E-state index contributed by atoms with van der Waals surface area (Å²) in [5.41, 5.74) is 3.55. The maximum absolute atomic E-state index is 9.01. The van der Waals surface area contributed by atoms with Gasteiger partial charge in [0.2, 0.25) is 0 Å². The minimum atomic E-state index is 0.162. The number of aliphatic hydroxyl groups excluding tert-OH is 1. The van der Waals surface area contributed by atoms with Crippen LogP contribution in [0, 0.1) is 0 Å². The van der Waals surface area contributed by atoms with Crippen LogP contribution in [0.3, 0.4) is 0 Å². The molecule has 4 heteroatoms. The molecule has 2 aromatic rings. The average Bonchev–Trinajstić information content (AvgIpc) is 2.55. The normalized spacial score (nSPS) is 10.5. The Balaban J connectivity index is 1.90. The van der Waals surface area contributed by atoms with Crippen LogP contribution in [0.15, 0.2) is 48.5 Å². The summed E-state index contributed by atoms with van der Waals surface area (Å²) in [4.78, 5) is 2.05. The minimum Gasteiger partial charge on any atom is -0.497 e. The number of nitrogens with zero attached hydrogens (tertiary/aromatic N) is 1. The zero-order valence-corrected chi connectivity index (χ0v) is 13.2. The molecule has 0 radical (unpaired) electrons. The van der Waals surface area contributed by atoms with Crippen molar-refractivity contribution in [1.82, 2.24) is 5.32 Å². The van der Waals surface area contributed by atoms with Crippen LogP contribution < -0.4 is 15.0 Å². The van der Waals surface area contributed by atoms with Crippen molar-refractivity contribution in [3.05, 3.63) is 59.7 Å². The highest BCUT2D eigenvalue weighted by Gasteiger charge is 2.02. The Morgan fingerprint density at radius 1 is 1.05 bits per heavy atom. The number of hydrogen-bond acceptors (Lipinski definition) is 4. The van der Waals surface area contributed by atoms with Gasteiger partial charge in [-0.15, -0.1) is 0 Å². The predicted octanol–water partition coefficient (Wildman–Crippen LogP) is 2.41. The molecule has 0 heterocycles. The molecule has 0 bridgehead atoms. The molecule has 2 rings (SSSR count). The van der Waals surface area contributed by atoms with Crippen LogP contribution in [0.5, 0.6) is 5.75 Å². The van der Waals surface area contributed by atoms with Gasteiger partial charge in [0.15, 0.2) is 0 Å². The molecular formula is C18H24N2O2. The third-order valence-electron chi connectivity index (χ3n) is 3.58. The van der Waals surface area contributed by atoms with Crippen molar-refractivity contribution in [2.24, 2.45) is 0 Å². The van der Waals surface area contributed by atoms with Crippen molar-refractivity contribution >= 4 is 5.69 Å². The first kappa shape index (κ1) is 16.3. The van der Waals surface area contributed by atoms with Crippen LogP contribution in [-0.4, -0.2) is 32.4 Å². The van der Waals surface area contributed by atoms with Crippen molar-refractivity contribution in [2.45, 2.75) is 13.1 Å². The molecule has 0 fully saturated rings. The fourth-order valence-electron chi connectivity index (χ4n) is 2.32. The lowest BCUT2D eigenvalue weighted by molar-refractivity contribution is 0.304. The Hall–Kier alpha value is -2.04. The maximum Gasteiger partial charge on any atom is 0.119 e. The number of methoxy groups -OCH3 is 1. The number of hydrogen-bond donors (Lipinski definition) is 2. The van der Waals surface area contributed by atoms with Gasteiger partial charge in [0, 0.05) is 32.4 Å². The quantitative estimate of drug-likeness (QED) is 0.786. The molecule has 0 saturated heterocycles. The number of likely N-dealkylation sites (N-methyl/N-ethyl adjacent to an activating group) is 1. The Bertz CT molecular complexity index is 587. The average molecular weight is 300 g/mol. The van der Waals surface area contributed by atoms with E-state index >= 15 is 0 Å². The van der Waals surface area contributed by atoms with Crippen LogP contribution in [0.1, 0.15) is 11.1 Å². The largest absolute Gasteiger partial charge is 0.497 e. The Morgan fingerprint density at radius 3 is 2.41 bits per heavy atom. The molecule has 2 N–H and O–H groups in total. The second-order valence-corrected chi connectivity index (χ2v) is 5.27. The van der Waals surface area contributed by atoms with E-state index in [2.05, 4.69) is 29.6 Å². The zero-order valence-electron chi connectivity index (χ0n) is 13.2. The van der Waals surface area contributed by atoms with E-state index in [-0.39, 0.29) is 6.61 Å². The van der Waals surface area contributed by atoms with Crippen LogP contribution in [-0.2, 0) is 13.1 Å². The number of anilines is 1. The molecule has 0 amide bonds. The smallest absolute Gasteiger partial charge is 0.119 e. The van der Waals surface area contributed by atoms with E-state index in [4.69, 9.17) is 9.84 Å². The standard InChI is InChI=1S/C18H24N2O2/c1-20(9-10-21)17-7-3-5-15(11-17)13-19-14-16-6-4-8-18(12-16)22-2/h3-8,11-12,19,21H,9-10,13-14H2,1-2H3. The topological polar surface area (TPSA) is 44.7 Å². The summed E-state index contributed by atoms with van der Waals surface area (Å²) in [6.07, 6.45) is 0. The number of ether oxygens (including phenoxy) is 1. The van der Waals surface area contributed by atoms with Crippen LogP contribution in [0.25, 0.3) is 0 Å². The van der Waals surface area contributed by atoms with E-state index in [0.717, 1.165) is 24.5 Å². The Morgan fingerprint density at radius 2 is 1.73 bits per heavy atom. The third-order valence-corrected chi connectivity index (χ3v) is 3.58. The van der Waals surface area contributed by atoms with Gasteiger partial charge in [0.1, 0.15) is 5.75 Å². The minimum absolute atomic E-state index is 0.162. The molecule has 0 aromatic heterocycles. The monoisotopic (exact) mass is 300 g/mol. The molecular weight excluding hydrogens is 276 g/mol. The summed E-state index contributed by atoms with van der Waals surface area (Å²) in [7, 11) is 3.67. The van der Waals surface area contributed by atoms with Crippen molar-refractivity contribution in [3.63, 3.8) is 0 Å². The number of nitrogens with one attached hydrogen (secondary N) is 1. The second-order valence-electron chi connectivity index (χ2n) is 5.27. The third kappa shape index (κ3) is 4.76. The summed E-state index contributed by atoms with van der Waals surface area (Å²) in [6, 6.07) is 16.4. The molecule has 0 spiro atoms. The van der Waals surface area contributed by atoms with E-state index in [1.807, 2.05) is 36.2 Å². The highest BCUT2D eigenvalue weighted by Crippen LogP contribution is 2.15. The van der Waals surface area contributed by atoms with E-state index in [0.29, 0.717) is 6.54 Å². The highest BCUT2D eigenvalue weighted by atomic mass is 16.5. The first-order valence-corrected chi connectivity index (χ1v) is 7.47. The molecule has 118 valence electrons. The summed E-state index contributed by atoms with van der Waals surface area (Å²) >= 11 is 0.